The second-order valence-electron chi connectivity index (χ2n) is 4.38. The molecule has 0 fully saturated rings. The van der Waals surface area contributed by atoms with E-state index in [1.54, 1.807) is 7.11 Å². The Labute approximate surface area is 139 Å². The number of allylic oxidation sites excluding steroid dienone is 2. The van der Waals surface area contributed by atoms with Crippen molar-refractivity contribution in [2.45, 2.75) is 13.3 Å². The third-order valence-electron chi connectivity index (χ3n) is 2.95. The van der Waals surface area contributed by atoms with Gasteiger partial charge >= 0.3 is 0 Å². The maximum Gasteiger partial charge on any atom is 0.188 e. The van der Waals surface area contributed by atoms with Crippen molar-refractivity contribution < 1.29 is 42.2 Å². The molecular formula is C15H18NO2Y-. The molecule has 3 nitrogen and oxygen atoms in total. The van der Waals surface area contributed by atoms with Crippen molar-refractivity contribution in [1.29, 1.82) is 0 Å². The molecule has 1 unspecified atom stereocenters. The molecule has 1 N–H and O–H groups in total. The van der Waals surface area contributed by atoms with Gasteiger partial charge in [0.15, 0.2) is 6.79 Å². The van der Waals surface area contributed by atoms with Gasteiger partial charge in [-0.25, -0.2) is 6.08 Å². The molecule has 1 aromatic carbocycles. The second-order valence-corrected chi connectivity index (χ2v) is 4.38. The van der Waals surface area contributed by atoms with Crippen LogP contribution >= 0.6 is 0 Å². The Morgan fingerprint density at radius 2 is 2.05 bits per heavy atom. The molecule has 1 heterocycles. The summed E-state index contributed by atoms with van der Waals surface area (Å²) >= 11 is 0. The monoisotopic (exact) mass is 333 g/mol. The van der Waals surface area contributed by atoms with Crippen LogP contribution < -0.4 is 10.1 Å². The van der Waals surface area contributed by atoms with Crippen LogP contribution in [0.2, 0.25) is 0 Å². The molecule has 1 aliphatic rings. The fourth-order valence-corrected chi connectivity index (χ4v) is 1.73. The first-order valence-corrected chi connectivity index (χ1v) is 5.99. The van der Waals surface area contributed by atoms with Gasteiger partial charge in [-0.15, -0.1) is 24.3 Å². The first-order valence-electron chi connectivity index (χ1n) is 5.99. The third-order valence-corrected chi connectivity index (χ3v) is 2.95. The van der Waals surface area contributed by atoms with Crippen LogP contribution in [0.15, 0.2) is 36.5 Å². The van der Waals surface area contributed by atoms with E-state index in [0.29, 0.717) is 5.92 Å². The molecule has 0 bridgehead atoms. The summed E-state index contributed by atoms with van der Waals surface area (Å²) in [6.07, 6.45) is 4.26. The van der Waals surface area contributed by atoms with E-state index in [1.165, 1.54) is 0 Å². The van der Waals surface area contributed by atoms with E-state index in [4.69, 9.17) is 9.47 Å². The molecule has 1 atom stereocenters. The summed E-state index contributed by atoms with van der Waals surface area (Å²) in [5.74, 6) is 1.24. The summed E-state index contributed by atoms with van der Waals surface area (Å²) in [7, 11) is 1.60. The fraction of sp³-hybridized carbons (Fsp3) is 0.333. The fourth-order valence-electron chi connectivity index (χ4n) is 1.73. The van der Waals surface area contributed by atoms with Gasteiger partial charge in [-0.05, 0) is 18.1 Å². The predicted octanol–water partition coefficient (Wildman–Crippen LogP) is 2.95. The van der Waals surface area contributed by atoms with E-state index in [2.05, 4.69) is 24.9 Å². The standard InChI is InChI=1S/C15H18NO2.Y/c1-11-4-9-15(16-12(11)2)13-5-7-14(8-6-13)18-10-17-3;/h5-8,11,16H,2,4,10H2,1,3H3;/q-1;. The van der Waals surface area contributed by atoms with Crippen LogP contribution in [0.5, 0.6) is 5.75 Å². The van der Waals surface area contributed by atoms with Gasteiger partial charge in [-0.1, -0.05) is 13.5 Å². The average Bonchev–Trinajstić information content (AvgIpc) is 2.40. The maximum absolute atomic E-state index is 5.35. The molecule has 99 valence electrons. The molecule has 2 rings (SSSR count). The third kappa shape index (κ3) is 4.45. The minimum absolute atomic E-state index is 0. The zero-order valence-electron chi connectivity index (χ0n) is 11.4. The Balaban J connectivity index is 0.00000180. The Morgan fingerprint density at radius 3 is 2.63 bits per heavy atom. The Bertz CT molecular complexity index is 454. The summed E-state index contributed by atoms with van der Waals surface area (Å²) in [6.45, 7) is 6.42. The van der Waals surface area contributed by atoms with Crippen LogP contribution in [-0.4, -0.2) is 13.9 Å². The predicted molar refractivity (Wildman–Crippen MR) is 71.7 cm³/mol. The van der Waals surface area contributed by atoms with Gasteiger partial charge in [-0.2, -0.15) is 5.56 Å². The van der Waals surface area contributed by atoms with Crippen LogP contribution in [0.3, 0.4) is 0 Å². The van der Waals surface area contributed by atoms with Crippen LogP contribution in [0.1, 0.15) is 18.9 Å². The molecule has 19 heavy (non-hydrogen) atoms. The number of methoxy groups -OCH3 is 1. The number of hydrogen-bond donors (Lipinski definition) is 1. The van der Waals surface area contributed by atoms with Gasteiger partial charge in [0.25, 0.3) is 0 Å². The van der Waals surface area contributed by atoms with E-state index in [0.717, 1.165) is 29.1 Å². The summed E-state index contributed by atoms with van der Waals surface area (Å²) in [6, 6.07) is 7.85. The quantitative estimate of drug-likeness (QED) is 0.679. The zero-order chi connectivity index (χ0) is 13.0. The second kappa shape index (κ2) is 7.83. The molecule has 1 aromatic rings. The Hall–Kier alpha value is -0.636. The van der Waals surface area contributed by atoms with Crippen LogP contribution in [-0.2, 0) is 37.4 Å². The van der Waals surface area contributed by atoms with Gasteiger partial charge in [0, 0.05) is 45.5 Å². The molecule has 4 heteroatoms. The number of hydrogen-bond acceptors (Lipinski definition) is 3. The van der Waals surface area contributed by atoms with E-state index < -0.39 is 0 Å². The number of ether oxygens (including phenoxy) is 2. The van der Waals surface area contributed by atoms with E-state index in [-0.39, 0.29) is 39.5 Å². The zero-order valence-corrected chi connectivity index (χ0v) is 14.2. The van der Waals surface area contributed by atoms with Gasteiger partial charge in [-0.3, -0.25) is 0 Å². The van der Waals surface area contributed by atoms with Crippen molar-refractivity contribution in [3.8, 4) is 5.75 Å². The summed E-state index contributed by atoms with van der Waals surface area (Å²) < 4.78 is 10.2. The molecule has 0 aromatic heterocycles. The largest absolute Gasteiger partial charge is 0.468 e. The van der Waals surface area contributed by atoms with Crippen molar-refractivity contribution in [3.63, 3.8) is 0 Å². The van der Waals surface area contributed by atoms with Crippen molar-refractivity contribution in [2.24, 2.45) is 5.92 Å². The van der Waals surface area contributed by atoms with Crippen LogP contribution in [0.4, 0.5) is 0 Å². The van der Waals surface area contributed by atoms with E-state index >= 15 is 0 Å². The van der Waals surface area contributed by atoms with Crippen molar-refractivity contribution >= 4 is 5.70 Å². The Morgan fingerprint density at radius 1 is 1.37 bits per heavy atom. The number of rotatable bonds is 4. The molecule has 1 aliphatic heterocycles. The van der Waals surface area contributed by atoms with Crippen molar-refractivity contribution in [2.75, 3.05) is 13.9 Å². The molecular weight excluding hydrogens is 315 g/mol. The van der Waals surface area contributed by atoms with E-state index in [9.17, 15) is 0 Å². The summed E-state index contributed by atoms with van der Waals surface area (Å²) in [5, 5.41) is 3.29. The molecule has 0 amide bonds. The molecule has 0 saturated carbocycles. The number of benzene rings is 1. The van der Waals surface area contributed by atoms with Crippen LogP contribution in [0.25, 0.3) is 5.70 Å². The SMILES string of the molecule is C=C1NC(c2ccc(OCOC)cc2)=[C-]CC1C.[Y]. The maximum atomic E-state index is 5.35. The summed E-state index contributed by atoms with van der Waals surface area (Å²) in [5.41, 5.74) is 3.13. The molecule has 0 spiro atoms. The van der Waals surface area contributed by atoms with Crippen LogP contribution in [0, 0.1) is 12.0 Å². The smallest absolute Gasteiger partial charge is 0.188 e. The van der Waals surface area contributed by atoms with Gasteiger partial charge in [0.05, 0.1) is 0 Å². The van der Waals surface area contributed by atoms with Gasteiger partial charge < -0.3 is 14.8 Å². The molecule has 0 saturated heterocycles. The van der Waals surface area contributed by atoms with E-state index in [1.807, 2.05) is 24.3 Å². The topological polar surface area (TPSA) is 30.5 Å². The van der Waals surface area contributed by atoms with Gasteiger partial charge in [0.2, 0.25) is 0 Å². The Kier molecular flexibility index (Phi) is 6.77. The number of nitrogens with one attached hydrogen (secondary N) is 1. The van der Waals surface area contributed by atoms with Crippen molar-refractivity contribution in [3.05, 3.63) is 48.2 Å². The first kappa shape index (κ1) is 16.4. The minimum atomic E-state index is 0. The molecule has 1 radical (unpaired) electrons. The summed E-state index contributed by atoms with van der Waals surface area (Å²) in [4.78, 5) is 0. The normalized spacial score (nSPS) is 18.1. The average molecular weight is 333 g/mol. The minimum Gasteiger partial charge on any atom is -0.468 e. The van der Waals surface area contributed by atoms with Crippen molar-refractivity contribution in [1.82, 2.24) is 5.32 Å². The van der Waals surface area contributed by atoms with Gasteiger partial charge in [0.1, 0.15) is 5.75 Å². The molecule has 0 aliphatic carbocycles. The first-order chi connectivity index (χ1) is 8.70.